The van der Waals surface area contributed by atoms with E-state index in [1.807, 2.05) is 44.2 Å². The SMILES string of the molecule is COc1ccc(-n2c(C)cc(/C=C(/C#N)C(=O)NC3CCCC3)c2C)cc1. The number of hydrogen-bond donors (Lipinski definition) is 1. The van der Waals surface area contributed by atoms with E-state index in [4.69, 9.17) is 4.74 Å². The molecule has 1 fully saturated rings. The third kappa shape index (κ3) is 4.06. The van der Waals surface area contributed by atoms with E-state index in [9.17, 15) is 10.1 Å². The number of nitrogens with zero attached hydrogens (tertiary/aromatic N) is 2. The first-order valence-corrected chi connectivity index (χ1v) is 9.29. The Hall–Kier alpha value is -3.00. The molecule has 1 aliphatic rings. The zero-order valence-electron chi connectivity index (χ0n) is 16.1. The second-order valence-corrected chi connectivity index (χ2v) is 6.98. The summed E-state index contributed by atoms with van der Waals surface area (Å²) in [5.41, 5.74) is 4.06. The average Bonchev–Trinajstić information content (AvgIpc) is 3.27. The molecule has 3 rings (SSSR count). The van der Waals surface area contributed by atoms with Gasteiger partial charge in [0.2, 0.25) is 0 Å². The second-order valence-electron chi connectivity index (χ2n) is 6.98. The summed E-state index contributed by atoms with van der Waals surface area (Å²) in [7, 11) is 1.64. The van der Waals surface area contributed by atoms with Crippen LogP contribution in [0.2, 0.25) is 0 Å². The third-order valence-corrected chi connectivity index (χ3v) is 5.16. The number of carbonyl (C=O) groups is 1. The molecular weight excluding hydrogens is 338 g/mol. The molecule has 1 aromatic heterocycles. The number of nitriles is 1. The van der Waals surface area contributed by atoms with E-state index in [2.05, 4.69) is 16.0 Å². The molecule has 1 saturated carbocycles. The molecule has 0 spiro atoms. The van der Waals surface area contributed by atoms with E-state index < -0.39 is 0 Å². The zero-order valence-corrected chi connectivity index (χ0v) is 16.1. The summed E-state index contributed by atoms with van der Waals surface area (Å²) in [5.74, 6) is 0.523. The standard InChI is InChI=1S/C22H25N3O2/c1-15-12-17(13-18(14-23)22(26)24-19-6-4-5-7-19)16(2)25(15)20-8-10-21(27-3)11-9-20/h8-13,19H,4-7H2,1-3H3,(H,24,26)/b18-13-. The first-order chi connectivity index (χ1) is 13.0. The second kappa shape index (κ2) is 8.13. The summed E-state index contributed by atoms with van der Waals surface area (Å²) < 4.78 is 7.33. The lowest BCUT2D eigenvalue weighted by Gasteiger charge is -2.11. The van der Waals surface area contributed by atoms with Crippen LogP contribution in [0.4, 0.5) is 0 Å². The summed E-state index contributed by atoms with van der Waals surface area (Å²) in [6.45, 7) is 4.01. The third-order valence-electron chi connectivity index (χ3n) is 5.16. The predicted octanol–water partition coefficient (Wildman–Crippen LogP) is 4.07. The molecule has 2 aromatic rings. The molecule has 140 valence electrons. The highest BCUT2D eigenvalue weighted by Gasteiger charge is 2.20. The fourth-order valence-electron chi connectivity index (χ4n) is 3.70. The highest BCUT2D eigenvalue weighted by molar-refractivity contribution is 6.02. The van der Waals surface area contributed by atoms with Crippen LogP contribution in [0, 0.1) is 25.2 Å². The van der Waals surface area contributed by atoms with Gasteiger partial charge in [-0.3, -0.25) is 4.79 Å². The lowest BCUT2D eigenvalue weighted by atomic mass is 10.1. The summed E-state index contributed by atoms with van der Waals surface area (Å²) in [5, 5.41) is 12.5. The molecule has 1 amide bonds. The summed E-state index contributed by atoms with van der Waals surface area (Å²) >= 11 is 0. The minimum atomic E-state index is -0.279. The van der Waals surface area contributed by atoms with Crippen molar-refractivity contribution in [3.05, 3.63) is 52.9 Å². The van der Waals surface area contributed by atoms with Gasteiger partial charge in [0.25, 0.3) is 5.91 Å². The number of ether oxygens (including phenoxy) is 1. The lowest BCUT2D eigenvalue weighted by Crippen LogP contribution is -2.33. The molecular formula is C22H25N3O2. The minimum absolute atomic E-state index is 0.150. The van der Waals surface area contributed by atoms with Crippen LogP contribution in [0.15, 0.2) is 35.9 Å². The van der Waals surface area contributed by atoms with Crippen LogP contribution < -0.4 is 10.1 Å². The number of carbonyl (C=O) groups excluding carboxylic acids is 1. The number of hydrogen-bond acceptors (Lipinski definition) is 3. The average molecular weight is 363 g/mol. The predicted molar refractivity (Wildman–Crippen MR) is 106 cm³/mol. The lowest BCUT2D eigenvalue weighted by molar-refractivity contribution is -0.117. The number of rotatable bonds is 5. The van der Waals surface area contributed by atoms with Gasteiger partial charge in [-0.2, -0.15) is 5.26 Å². The van der Waals surface area contributed by atoms with Crippen LogP contribution in [-0.2, 0) is 4.79 Å². The molecule has 5 heteroatoms. The quantitative estimate of drug-likeness (QED) is 0.643. The van der Waals surface area contributed by atoms with Crippen molar-refractivity contribution in [2.75, 3.05) is 7.11 Å². The van der Waals surface area contributed by atoms with Crippen LogP contribution in [-0.4, -0.2) is 23.6 Å². The summed E-state index contributed by atoms with van der Waals surface area (Å²) in [6, 6.07) is 12.1. The molecule has 1 aromatic carbocycles. The highest BCUT2D eigenvalue weighted by Crippen LogP contribution is 2.24. The molecule has 1 aliphatic carbocycles. The summed E-state index contributed by atoms with van der Waals surface area (Å²) in [4.78, 5) is 12.5. The van der Waals surface area contributed by atoms with Crippen molar-refractivity contribution in [1.29, 1.82) is 5.26 Å². The van der Waals surface area contributed by atoms with Gasteiger partial charge in [0.05, 0.1) is 7.11 Å². The zero-order chi connectivity index (χ0) is 19.4. The fourth-order valence-corrected chi connectivity index (χ4v) is 3.70. The van der Waals surface area contributed by atoms with Crippen LogP contribution in [0.3, 0.4) is 0 Å². The molecule has 27 heavy (non-hydrogen) atoms. The number of nitrogens with one attached hydrogen (secondary N) is 1. The number of aryl methyl sites for hydroxylation is 1. The molecule has 0 radical (unpaired) electrons. The number of amides is 1. The monoisotopic (exact) mass is 363 g/mol. The molecule has 1 heterocycles. The van der Waals surface area contributed by atoms with E-state index in [1.54, 1.807) is 13.2 Å². The molecule has 0 atom stereocenters. The fraction of sp³-hybridized carbons (Fsp3) is 0.364. The van der Waals surface area contributed by atoms with E-state index in [0.29, 0.717) is 0 Å². The maximum atomic E-state index is 12.5. The first-order valence-electron chi connectivity index (χ1n) is 9.29. The van der Waals surface area contributed by atoms with Gasteiger partial charge in [0.15, 0.2) is 0 Å². The van der Waals surface area contributed by atoms with Gasteiger partial charge >= 0.3 is 0 Å². The highest BCUT2D eigenvalue weighted by atomic mass is 16.5. The van der Waals surface area contributed by atoms with Crippen LogP contribution in [0.25, 0.3) is 11.8 Å². The van der Waals surface area contributed by atoms with Crippen molar-refractivity contribution < 1.29 is 9.53 Å². The van der Waals surface area contributed by atoms with E-state index in [-0.39, 0.29) is 17.5 Å². The van der Waals surface area contributed by atoms with E-state index in [1.165, 1.54) is 0 Å². The topological polar surface area (TPSA) is 67.0 Å². The molecule has 0 saturated heterocycles. The van der Waals surface area contributed by atoms with Crippen molar-refractivity contribution in [1.82, 2.24) is 9.88 Å². The maximum Gasteiger partial charge on any atom is 0.262 e. The van der Waals surface area contributed by atoms with Gasteiger partial charge in [0, 0.05) is 23.1 Å². The number of methoxy groups -OCH3 is 1. The van der Waals surface area contributed by atoms with Crippen LogP contribution >= 0.6 is 0 Å². The van der Waals surface area contributed by atoms with Gasteiger partial charge in [-0.05, 0) is 68.7 Å². The van der Waals surface area contributed by atoms with Gasteiger partial charge < -0.3 is 14.6 Å². The smallest absolute Gasteiger partial charge is 0.262 e. The van der Waals surface area contributed by atoms with Gasteiger partial charge in [-0.25, -0.2) is 0 Å². The van der Waals surface area contributed by atoms with Gasteiger partial charge in [-0.15, -0.1) is 0 Å². The molecule has 5 nitrogen and oxygen atoms in total. The molecule has 0 bridgehead atoms. The largest absolute Gasteiger partial charge is 0.497 e. The Bertz CT molecular complexity index is 895. The molecule has 0 unspecified atom stereocenters. The van der Waals surface area contributed by atoms with Gasteiger partial charge in [0.1, 0.15) is 17.4 Å². The molecule has 0 aliphatic heterocycles. The maximum absolute atomic E-state index is 12.5. The van der Waals surface area contributed by atoms with Crippen LogP contribution in [0.1, 0.15) is 42.6 Å². The Morgan fingerprint density at radius 2 is 1.93 bits per heavy atom. The van der Waals surface area contributed by atoms with Crippen LogP contribution in [0.5, 0.6) is 5.75 Å². The Morgan fingerprint density at radius 1 is 1.26 bits per heavy atom. The van der Waals surface area contributed by atoms with E-state index in [0.717, 1.165) is 54.1 Å². The normalized spacial score (nSPS) is 14.8. The summed E-state index contributed by atoms with van der Waals surface area (Å²) in [6.07, 6.45) is 5.96. The van der Waals surface area contributed by atoms with Crippen molar-refractivity contribution in [3.63, 3.8) is 0 Å². The van der Waals surface area contributed by atoms with Crippen molar-refractivity contribution in [2.24, 2.45) is 0 Å². The number of aromatic nitrogens is 1. The Morgan fingerprint density at radius 3 is 2.52 bits per heavy atom. The minimum Gasteiger partial charge on any atom is -0.497 e. The first kappa shape index (κ1) is 18.8. The molecule has 1 N–H and O–H groups in total. The van der Waals surface area contributed by atoms with Crippen molar-refractivity contribution in [2.45, 2.75) is 45.6 Å². The van der Waals surface area contributed by atoms with Gasteiger partial charge in [-0.1, -0.05) is 12.8 Å². The Kier molecular flexibility index (Phi) is 5.66. The Labute approximate surface area is 160 Å². The van der Waals surface area contributed by atoms with Crippen molar-refractivity contribution in [3.8, 4) is 17.5 Å². The number of benzene rings is 1. The van der Waals surface area contributed by atoms with E-state index >= 15 is 0 Å². The van der Waals surface area contributed by atoms with Crippen molar-refractivity contribution >= 4 is 12.0 Å². The Balaban J connectivity index is 1.88.